The van der Waals surface area contributed by atoms with Crippen LogP contribution in [0.5, 0.6) is 0 Å². The first-order valence-electron chi connectivity index (χ1n) is 4.01. The van der Waals surface area contributed by atoms with Crippen molar-refractivity contribution >= 4 is 33.9 Å². The molecule has 14 heavy (non-hydrogen) atoms. The third-order valence-electron chi connectivity index (χ3n) is 1.66. The van der Waals surface area contributed by atoms with Gasteiger partial charge >= 0.3 is 0 Å². The monoisotopic (exact) mass is 321 g/mol. The summed E-state index contributed by atoms with van der Waals surface area (Å²) in [5, 5.41) is 5.80. The van der Waals surface area contributed by atoms with Crippen LogP contribution in [0.3, 0.4) is 0 Å². The molecule has 4 nitrogen and oxygen atoms in total. The zero-order valence-electron chi connectivity index (χ0n) is 7.40. The second kappa shape index (κ2) is 3.95. The van der Waals surface area contributed by atoms with Crippen LogP contribution in [-0.2, 0) is 0 Å². The molecule has 0 saturated carbocycles. The minimum Gasteiger partial charge on any atom is -0.333 e. The van der Waals surface area contributed by atoms with E-state index in [1.54, 1.807) is 11.3 Å². The molecule has 74 valence electrons. The summed E-state index contributed by atoms with van der Waals surface area (Å²) in [6.45, 7) is 1.83. The maximum absolute atomic E-state index is 5.64. The van der Waals surface area contributed by atoms with E-state index in [9.17, 15) is 0 Å². The normalized spacial score (nSPS) is 13.1. The van der Waals surface area contributed by atoms with Crippen LogP contribution in [0.1, 0.15) is 18.8 Å². The Bertz CT molecular complexity index is 437. The summed E-state index contributed by atoms with van der Waals surface area (Å²) >= 11 is 3.82. The number of rotatable bonds is 2. The molecule has 0 spiro atoms. The van der Waals surface area contributed by atoms with E-state index in [1.807, 2.05) is 18.4 Å². The van der Waals surface area contributed by atoms with E-state index in [4.69, 9.17) is 10.3 Å². The number of aromatic nitrogens is 2. The fourth-order valence-electron chi connectivity index (χ4n) is 0.958. The van der Waals surface area contributed by atoms with Crippen LogP contribution in [0, 0.1) is 3.57 Å². The molecule has 0 bridgehead atoms. The van der Waals surface area contributed by atoms with Gasteiger partial charge in [-0.15, -0.1) is 11.3 Å². The SMILES string of the molecule is CC(N)c1noc(-c2sccc2I)n1. The fraction of sp³-hybridized carbons (Fsp3) is 0.250. The molecule has 0 aliphatic rings. The summed E-state index contributed by atoms with van der Waals surface area (Å²) in [5.74, 6) is 1.10. The standard InChI is InChI=1S/C8H8IN3OS/c1-4(10)7-11-8(13-12-7)6-5(9)2-3-14-6/h2-4H,10H2,1H3. The Labute approximate surface area is 98.6 Å². The Balaban J connectivity index is 2.39. The second-order valence-corrected chi connectivity index (χ2v) is 4.92. The molecule has 2 heterocycles. The molecule has 2 rings (SSSR count). The first kappa shape index (κ1) is 10.1. The van der Waals surface area contributed by atoms with Crippen LogP contribution in [0.2, 0.25) is 0 Å². The van der Waals surface area contributed by atoms with Gasteiger partial charge in [0.15, 0.2) is 5.82 Å². The summed E-state index contributed by atoms with van der Waals surface area (Å²) in [4.78, 5) is 5.22. The van der Waals surface area contributed by atoms with Crippen molar-refractivity contribution in [3.8, 4) is 10.8 Å². The zero-order chi connectivity index (χ0) is 10.1. The number of thiophene rings is 1. The highest BCUT2D eigenvalue weighted by Crippen LogP contribution is 2.29. The average molecular weight is 321 g/mol. The van der Waals surface area contributed by atoms with Crippen LogP contribution in [0.15, 0.2) is 16.0 Å². The van der Waals surface area contributed by atoms with Crippen molar-refractivity contribution in [1.29, 1.82) is 0 Å². The average Bonchev–Trinajstić information content (AvgIpc) is 2.71. The largest absolute Gasteiger partial charge is 0.333 e. The van der Waals surface area contributed by atoms with Crippen molar-refractivity contribution in [2.24, 2.45) is 5.73 Å². The summed E-state index contributed by atoms with van der Waals surface area (Å²) < 4.78 is 6.23. The Morgan fingerprint density at radius 2 is 2.43 bits per heavy atom. The van der Waals surface area contributed by atoms with Gasteiger partial charge in [0.25, 0.3) is 5.89 Å². The van der Waals surface area contributed by atoms with Gasteiger partial charge in [0.2, 0.25) is 0 Å². The summed E-state index contributed by atoms with van der Waals surface area (Å²) in [7, 11) is 0. The molecule has 6 heteroatoms. The Morgan fingerprint density at radius 3 is 2.93 bits per heavy atom. The smallest absolute Gasteiger partial charge is 0.269 e. The lowest BCUT2D eigenvalue weighted by atomic mass is 10.3. The molecule has 0 aromatic carbocycles. The molecule has 1 unspecified atom stereocenters. The van der Waals surface area contributed by atoms with E-state index in [0.717, 1.165) is 8.45 Å². The number of nitrogens with zero attached hydrogens (tertiary/aromatic N) is 2. The number of halogens is 1. The van der Waals surface area contributed by atoms with Gasteiger partial charge in [-0.3, -0.25) is 0 Å². The molecule has 1 atom stereocenters. The Hall–Kier alpha value is -0.470. The quantitative estimate of drug-likeness (QED) is 0.863. The van der Waals surface area contributed by atoms with Crippen LogP contribution >= 0.6 is 33.9 Å². The van der Waals surface area contributed by atoms with E-state index in [-0.39, 0.29) is 6.04 Å². The molecule has 0 aliphatic carbocycles. The van der Waals surface area contributed by atoms with Gasteiger partial charge in [-0.1, -0.05) is 5.16 Å². The topological polar surface area (TPSA) is 64.9 Å². The Morgan fingerprint density at radius 1 is 1.64 bits per heavy atom. The van der Waals surface area contributed by atoms with E-state index < -0.39 is 0 Å². The lowest BCUT2D eigenvalue weighted by Crippen LogP contribution is -2.06. The third-order valence-corrected chi connectivity index (χ3v) is 3.83. The molecule has 2 aromatic heterocycles. The van der Waals surface area contributed by atoms with Gasteiger partial charge in [-0.25, -0.2) is 0 Å². The lowest BCUT2D eigenvalue weighted by Gasteiger charge is -1.92. The zero-order valence-corrected chi connectivity index (χ0v) is 10.4. The van der Waals surface area contributed by atoms with Crippen molar-refractivity contribution in [3.63, 3.8) is 0 Å². The van der Waals surface area contributed by atoms with Crippen LogP contribution in [0.4, 0.5) is 0 Å². The predicted molar refractivity (Wildman–Crippen MR) is 62.9 cm³/mol. The maximum atomic E-state index is 5.64. The van der Waals surface area contributed by atoms with Crippen molar-refractivity contribution in [2.75, 3.05) is 0 Å². The minimum atomic E-state index is -0.190. The third kappa shape index (κ3) is 1.82. The first-order chi connectivity index (χ1) is 6.68. The number of hydrogen-bond acceptors (Lipinski definition) is 5. The Kier molecular flexibility index (Phi) is 2.84. The summed E-state index contributed by atoms with van der Waals surface area (Å²) in [5.41, 5.74) is 5.64. The van der Waals surface area contributed by atoms with Crippen LogP contribution in [-0.4, -0.2) is 10.1 Å². The van der Waals surface area contributed by atoms with Crippen molar-refractivity contribution in [2.45, 2.75) is 13.0 Å². The van der Waals surface area contributed by atoms with Gasteiger partial charge in [0.05, 0.1) is 6.04 Å². The molecule has 0 aliphatic heterocycles. The van der Waals surface area contributed by atoms with Gasteiger partial charge in [0, 0.05) is 3.57 Å². The van der Waals surface area contributed by atoms with Gasteiger partial charge < -0.3 is 10.3 Å². The predicted octanol–water partition coefficient (Wildman–Crippen LogP) is 2.42. The van der Waals surface area contributed by atoms with E-state index in [1.165, 1.54) is 0 Å². The maximum Gasteiger partial charge on any atom is 0.269 e. The lowest BCUT2D eigenvalue weighted by molar-refractivity contribution is 0.419. The van der Waals surface area contributed by atoms with E-state index in [2.05, 4.69) is 32.7 Å². The minimum absolute atomic E-state index is 0.190. The van der Waals surface area contributed by atoms with Crippen LogP contribution in [0.25, 0.3) is 10.8 Å². The number of nitrogens with two attached hydrogens (primary N) is 1. The van der Waals surface area contributed by atoms with Crippen molar-refractivity contribution < 1.29 is 4.52 Å². The molecular weight excluding hydrogens is 313 g/mol. The van der Waals surface area contributed by atoms with Crippen molar-refractivity contribution in [1.82, 2.24) is 10.1 Å². The highest BCUT2D eigenvalue weighted by atomic mass is 127. The van der Waals surface area contributed by atoms with Gasteiger partial charge in [-0.2, -0.15) is 4.98 Å². The molecule has 2 N–H and O–H groups in total. The second-order valence-electron chi connectivity index (χ2n) is 2.84. The van der Waals surface area contributed by atoms with Gasteiger partial charge in [-0.05, 0) is 41.0 Å². The molecule has 0 saturated heterocycles. The van der Waals surface area contributed by atoms with Gasteiger partial charge in [0.1, 0.15) is 4.88 Å². The van der Waals surface area contributed by atoms with Crippen LogP contribution < -0.4 is 5.73 Å². The molecule has 2 aromatic rings. The van der Waals surface area contributed by atoms with Crippen molar-refractivity contribution in [3.05, 3.63) is 20.8 Å². The fourth-order valence-corrected chi connectivity index (χ4v) is 2.70. The highest BCUT2D eigenvalue weighted by molar-refractivity contribution is 14.1. The number of hydrogen-bond donors (Lipinski definition) is 1. The molecule has 0 fully saturated rings. The first-order valence-corrected chi connectivity index (χ1v) is 5.97. The summed E-state index contributed by atoms with van der Waals surface area (Å²) in [6, 6.07) is 1.82. The van der Waals surface area contributed by atoms with E-state index in [0.29, 0.717) is 11.7 Å². The highest BCUT2D eigenvalue weighted by Gasteiger charge is 2.14. The molecule has 0 amide bonds. The van der Waals surface area contributed by atoms with E-state index >= 15 is 0 Å². The molecule has 0 radical (unpaired) electrons. The summed E-state index contributed by atoms with van der Waals surface area (Å²) in [6.07, 6.45) is 0. The molecular formula is C8H8IN3OS.